The second-order valence-corrected chi connectivity index (χ2v) is 6.26. The summed E-state index contributed by atoms with van der Waals surface area (Å²) in [5.74, 6) is -0.0217. The second kappa shape index (κ2) is 8.41. The number of aryl methyl sites for hydroxylation is 2. The van der Waals surface area contributed by atoms with Crippen molar-refractivity contribution in [2.45, 2.75) is 46.1 Å². The van der Waals surface area contributed by atoms with Crippen molar-refractivity contribution >= 4 is 12.0 Å². The van der Waals surface area contributed by atoms with Crippen LogP contribution in [-0.2, 0) is 16.0 Å². The van der Waals surface area contributed by atoms with Crippen LogP contribution in [0.3, 0.4) is 0 Å². The van der Waals surface area contributed by atoms with Crippen LogP contribution < -0.4 is 10.6 Å². The summed E-state index contributed by atoms with van der Waals surface area (Å²) in [7, 11) is 0. The monoisotopic (exact) mass is 306 g/mol. The van der Waals surface area contributed by atoms with E-state index in [1.807, 2.05) is 31.2 Å². The number of carbonyl (C=O) groups is 2. The molecule has 5 heteroatoms. The highest BCUT2D eigenvalue weighted by molar-refractivity contribution is 5.76. The molecular weight excluding hydrogens is 280 g/mol. The zero-order chi connectivity index (χ0) is 16.6. The van der Waals surface area contributed by atoms with Gasteiger partial charge in [0.15, 0.2) is 0 Å². The molecule has 5 nitrogen and oxygen atoms in total. The van der Waals surface area contributed by atoms with Crippen LogP contribution in [0.1, 0.15) is 38.3 Å². The van der Waals surface area contributed by atoms with Gasteiger partial charge >= 0.3 is 6.09 Å². The number of benzene rings is 1. The molecule has 0 aliphatic heterocycles. The highest BCUT2D eigenvalue weighted by Crippen LogP contribution is 2.06. The molecule has 22 heavy (non-hydrogen) atoms. The van der Waals surface area contributed by atoms with Crippen molar-refractivity contribution in [3.8, 4) is 0 Å². The van der Waals surface area contributed by atoms with Gasteiger partial charge in [-0.2, -0.15) is 0 Å². The summed E-state index contributed by atoms with van der Waals surface area (Å²) in [5.41, 5.74) is 1.84. The Morgan fingerprint density at radius 1 is 1.05 bits per heavy atom. The molecule has 0 fully saturated rings. The predicted octanol–water partition coefficient (Wildman–Crippen LogP) is 2.57. The fourth-order valence-electron chi connectivity index (χ4n) is 1.78. The molecule has 1 aromatic carbocycles. The van der Waals surface area contributed by atoms with E-state index in [0.29, 0.717) is 25.9 Å². The number of amides is 2. The number of alkyl carbamates (subject to hydrolysis) is 1. The molecular formula is C17H26N2O3. The van der Waals surface area contributed by atoms with Gasteiger partial charge < -0.3 is 15.4 Å². The van der Waals surface area contributed by atoms with E-state index in [0.717, 1.165) is 5.56 Å². The van der Waals surface area contributed by atoms with Gasteiger partial charge in [-0.05, 0) is 39.7 Å². The zero-order valence-electron chi connectivity index (χ0n) is 13.9. The molecule has 0 saturated carbocycles. The highest BCUT2D eigenvalue weighted by atomic mass is 16.6. The molecule has 2 amide bonds. The van der Waals surface area contributed by atoms with Crippen LogP contribution in [0.4, 0.5) is 4.79 Å². The van der Waals surface area contributed by atoms with E-state index < -0.39 is 11.7 Å². The van der Waals surface area contributed by atoms with Gasteiger partial charge in [0, 0.05) is 19.5 Å². The normalized spacial score (nSPS) is 10.9. The Morgan fingerprint density at radius 2 is 1.64 bits per heavy atom. The SMILES string of the molecule is Cc1ccc(CCC(=O)NCCNC(=O)OC(C)(C)C)cc1. The first kappa shape index (κ1) is 18.0. The third-order valence-corrected chi connectivity index (χ3v) is 2.88. The van der Waals surface area contributed by atoms with E-state index >= 15 is 0 Å². The molecule has 0 atom stereocenters. The van der Waals surface area contributed by atoms with Crippen molar-refractivity contribution in [1.29, 1.82) is 0 Å². The Kier molecular flexibility index (Phi) is 6.89. The standard InChI is InChI=1S/C17H26N2O3/c1-13-5-7-14(8-6-13)9-10-15(20)18-11-12-19-16(21)22-17(2,3)4/h5-8H,9-12H2,1-4H3,(H,18,20)(H,19,21). The Morgan fingerprint density at radius 3 is 2.23 bits per heavy atom. The fourth-order valence-corrected chi connectivity index (χ4v) is 1.78. The Labute approximate surface area is 132 Å². The fraction of sp³-hybridized carbons (Fsp3) is 0.529. The molecule has 0 unspecified atom stereocenters. The molecule has 0 bridgehead atoms. The number of rotatable bonds is 6. The Balaban J connectivity index is 2.13. The van der Waals surface area contributed by atoms with Crippen molar-refractivity contribution in [1.82, 2.24) is 10.6 Å². The molecule has 1 aromatic rings. The summed E-state index contributed by atoms with van der Waals surface area (Å²) in [6.45, 7) is 8.20. The maximum absolute atomic E-state index is 11.7. The van der Waals surface area contributed by atoms with Crippen molar-refractivity contribution < 1.29 is 14.3 Å². The van der Waals surface area contributed by atoms with Gasteiger partial charge in [0.25, 0.3) is 0 Å². The van der Waals surface area contributed by atoms with E-state index in [4.69, 9.17) is 4.74 Å². The average Bonchev–Trinajstić information content (AvgIpc) is 2.41. The first-order valence-corrected chi connectivity index (χ1v) is 7.55. The largest absolute Gasteiger partial charge is 0.444 e. The molecule has 0 aromatic heterocycles. The minimum absolute atomic E-state index is 0.0217. The summed E-state index contributed by atoms with van der Waals surface area (Å²) in [4.78, 5) is 23.1. The maximum atomic E-state index is 11.7. The van der Waals surface area contributed by atoms with E-state index in [1.165, 1.54) is 5.56 Å². The molecule has 2 N–H and O–H groups in total. The van der Waals surface area contributed by atoms with Crippen LogP contribution in [0, 0.1) is 6.92 Å². The number of hydrogen-bond acceptors (Lipinski definition) is 3. The first-order chi connectivity index (χ1) is 10.3. The van der Waals surface area contributed by atoms with Crippen LogP contribution in [0.25, 0.3) is 0 Å². The summed E-state index contributed by atoms with van der Waals surface area (Å²) in [6, 6.07) is 8.15. The van der Waals surface area contributed by atoms with Gasteiger partial charge in [-0.25, -0.2) is 4.79 Å². The first-order valence-electron chi connectivity index (χ1n) is 7.55. The molecule has 0 spiro atoms. The summed E-state index contributed by atoms with van der Waals surface area (Å²) >= 11 is 0. The summed E-state index contributed by atoms with van der Waals surface area (Å²) in [5, 5.41) is 5.37. The number of ether oxygens (including phenoxy) is 1. The summed E-state index contributed by atoms with van der Waals surface area (Å²) in [6.07, 6.45) is 0.683. The molecule has 0 aliphatic rings. The average molecular weight is 306 g/mol. The number of nitrogens with one attached hydrogen (secondary N) is 2. The third-order valence-electron chi connectivity index (χ3n) is 2.88. The van der Waals surface area contributed by atoms with Gasteiger partial charge in [-0.15, -0.1) is 0 Å². The third kappa shape index (κ3) is 8.29. The van der Waals surface area contributed by atoms with Gasteiger partial charge in [0.05, 0.1) is 0 Å². The van der Waals surface area contributed by atoms with Crippen molar-refractivity contribution in [3.05, 3.63) is 35.4 Å². The quantitative estimate of drug-likeness (QED) is 0.794. The molecule has 0 radical (unpaired) electrons. The van der Waals surface area contributed by atoms with Gasteiger partial charge in [-0.1, -0.05) is 29.8 Å². The lowest BCUT2D eigenvalue weighted by Crippen LogP contribution is -2.37. The van der Waals surface area contributed by atoms with Crippen LogP contribution in [0.5, 0.6) is 0 Å². The number of hydrogen-bond donors (Lipinski definition) is 2. The topological polar surface area (TPSA) is 67.4 Å². The molecule has 0 aliphatic carbocycles. The lowest BCUT2D eigenvalue weighted by Gasteiger charge is -2.19. The van der Waals surface area contributed by atoms with Crippen molar-refractivity contribution in [3.63, 3.8) is 0 Å². The van der Waals surface area contributed by atoms with Gasteiger partial charge in [0.2, 0.25) is 5.91 Å². The Hall–Kier alpha value is -2.04. The van der Waals surface area contributed by atoms with Gasteiger partial charge in [-0.3, -0.25) is 4.79 Å². The molecule has 122 valence electrons. The predicted molar refractivity (Wildman–Crippen MR) is 86.7 cm³/mol. The van der Waals surface area contributed by atoms with E-state index in [-0.39, 0.29) is 5.91 Å². The minimum atomic E-state index is -0.513. The smallest absolute Gasteiger partial charge is 0.407 e. The lowest BCUT2D eigenvalue weighted by molar-refractivity contribution is -0.121. The van der Waals surface area contributed by atoms with Crippen LogP contribution in [0.15, 0.2) is 24.3 Å². The van der Waals surface area contributed by atoms with Crippen molar-refractivity contribution in [2.75, 3.05) is 13.1 Å². The highest BCUT2D eigenvalue weighted by Gasteiger charge is 2.15. The Bertz CT molecular complexity index is 490. The van der Waals surface area contributed by atoms with Crippen LogP contribution >= 0.6 is 0 Å². The van der Waals surface area contributed by atoms with Crippen LogP contribution in [-0.4, -0.2) is 30.7 Å². The molecule has 1 rings (SSSR count). The van der Waals surface area contributed by atoms with E-state index in [2.05, 4.69) is 10.6 Å². The minimum Gasteiger partial charge on any atom is -0.444 e. The maximum Gasteiger partial charge on any atom is 0.407 e. The molecule has 0 heterocycles. The van der Waals surface area contributed by atoms with Crippen molar-refractivity contribution in [2.24, 2.45) is 0 Å². The van der Waals surface area contributed by atoms with E-state index in [9.17, 15) is 9.59 Å². The molecule has 0 saturated heterocycles. The van der Waals surface area contributed by atoms with E-state index in [1.54, 1.807) is 20.8 Å². The summed E-state index contributed by atoms with van der Waals surface area (Å²) < 4.78 is 5.10. The second-order valence-electron chi connectivity index (χ2n) is 6.26. The van der Waals surface area contributed by atoms with Crippen LogP contribution in [0.2, 0.25) is 0 Å². The van der Waals surface area contributed by atoms with Gasteiger partial charge in [0.1, 0.15) is 5.60 Å². The lowest BCUT2D eigenvalue weighted by atomic mass is 10.1. The zero-order valence-corrected chi connectivity index (χ0v) is 13.9. The number of carbonyl (C=O) groups excluding carboxylic acids is 2.